The average Bonchev–Trinajstić information content (AvgIpc) is 1.95. The van der Waals surface area contributed by atoms with E-state index in [1.807, 2.05) is 0 Å². The number of halogens is 6. The predicted molar refractivity (Wildman–Crippen MR) is 110 cm³/mol. The van der Waals surface area contributed by atoms with Crippen LogP contribution in [0.15, 0.2) is 0 Å². The number of rotatable bonds is 2. The summed E-state index contributed by atoms with van der Waals surface area (Å²) in [6.07, 6.45) is -1.81. The predicted octanol–water partition coefficient (Wildman–Crippen LogP) is 7.44. The quantitative estimate of drug-likeness (QED) is 0.211. The summed E-state index contributed by atoms with van der Waals surface area (Å²) >= 11 is 24.0. The summed E-state index contributed by atoms with van der Waals surface area (Å²) in [6.45, 7) is 14.1. The molecule has 0 aromatic rings. The van der Waals surface area contributed by atoms with Crippen LogP contribution in [0.25, 0.3) is 0 Å². The van der Waals surface area contributed by atoms with Gasteiger partial charge < -0.3 is 0 Å². The molecule has 0 aliphatic carbocycles. The molecule has 0 spiro atoms. The standard InChI is InChI=1S/C8H18Br6Si3/c1-7(2,3)15(9,8(4,5)6)17(13,14)16(10,11)12/h1-6H3. The molecule has 0 bridgehead atoms. The van der Waals surface area contributed by atoms with Crippen LogP contribution in [0, 0.1) is 0 Å². The van der Waals surface area contributed by atoms with Crippen molar-refractivity contribution in [3.05, 3.63) is 0 Å². The highest BCUT2D eigenvalue weighted by molar-refractivity contribution is 9.82. The fourth-order valence-corrected chi connectivity index (χ4v) is 99.0. The minimum Gasteiger partial charge on any atom is -0.127 e. The van der Waals surface area contributed by atoms with Crippen molar-refractivity contribution >= 4 is 106 Å². The molecule has 0 rings (SSSR count). The maximum Gasteiger partial charge on any atom is 0.277 e. The normalized spacial score (nSPS) is 16.2. The Morgan fingerprint density at radius 2 is 0.824 bits per heavy atom. The Bertz CT molecular complexity index is 271. The molecule has 9 heteroatoms. The van der Waals surface area contributed by atoms with Crippen LogP contribution < -0.4 is 0 Å². The summed E-state index contributed by atoms with van der Waals surface area (Å²) in [5.41, 5.74) is 0. The second-order valence-corrected chi connectivity index (χ2v) is 74.9. The average molecular weight is 678 g/mol. The van der Waals surface area contributed by atoms with Gasteiger partial charge in [-0.05, 0) is 10.1 Å². The van der Waals surface area contributed by atoms with E-state index in [2.05, 4.69) is 133 Å². The summed E-state index contributed by atoms with van der Waals surface area (Å²) in [5, 5.41) is 0.496. The molecule has 0 radical (unpaired) electrons. The molecule has 0 unspecified atom stereocenters. The molecule has 0 aromatic carbocycles. The van der Waals surface area contributed by atoms with Gasteiger partial charge in [-0.15, -0.1) is 45.9 Å². The smallest absolute Gasteiger partial charge is 0.127 e. The van der Waals surface area contributed by atoms with Gasteiger partial charge in [-0.25, -0.2) is 0 Å². The second kappa shape index (κ2) is 5.97. The van der Waals surface area contributed by atoms with Crippen molar-refractivity contribution < 1.29 is 0 Å². The molecule has 0 saturated carbocycles. The van der Waals surface area contributed by atoms with E-state index in [4.69, 9.17) is 0 Å². The first kappa shape index (κ1) is 20.5. The van der Waals surface area contributed by atoms with E-state index in [1.54, 1.807) is 0 Å². The topological polar surface area (TPSA) is 0 Å². The molecule has 0 fully saturated rings. The molecule has 0 atom stereocenters. The van der Waals surface area contributed by atoms with Crippen molar-refractivity contribution in [3.63, 3.8) is 0 Å². The van der Waals surface area contributed by atoms with E-state index in [-0.39, 0.29) is 10.1 Å². The third kappa shape index (κ3) is 3.84. The van der Waals surface area contributed by atoms with Gasteiger partial charge in [-0.3, -0.25) is 0 Å². The zero-order valence-electron chi connectivity index (χ0n) is 10.8. The monoisotopic (exact) mass is 672 g/mol. The maximum atomic E-state index is 4.24. The van der Waals surface area contributed by atoms with Crippen molar-refractivity contribution in [2.24, 2.45) is 0 Å². The molecule has 0 N–H and O–H groups in total. The van der Waals surface area contributed by atoms with Crippen LogP contribution in [0.3, 0.4) is 0 Å². The highest BCUT2D eigenvalue weighted by Crippen LogP contribution is 2.66. The molecule has 0 aliphatic heterocycles. The first-order chi connectivity index (χ1) is 7.00. The van der Waals surface area contributed by atoms with E-state index in [9.17, 15) is 0 Å². The van der Waals surface area contributed by atoms with Gasteiger partial charge >= 0.3 is 0 Å². The molecule has 0 heterocycles. The third-order valence-corrected chi connectivity index (χ3v) is 126. The van der Waals surface area contributed by atoms with E-state index in [1.165, 1.54) is 0 Å². The van der Waals surface area contributed by atoms with Crippen molar-refractivity contribution in [1.29, 1.82) is 0 Å². The molecule has 0 aliphatic rings. The van der Waals surface area contributed by atoms with E-state index >= 15 is 0 Å². The second-order valence-electron chi connectivity index (χ2n) is 6.23. The van der Waals surface area contributed by atoms with Crippen molar-refractivity contribution in [2.75, 3.05) is 0 Å². The van der Waals surface area contributed by atoms with Crippen LogP contribution in [-0.2, 0) is 0 Å². The fourth-order valence-electron chi connectivity index (χ4n) is 2.26. The molecule has 0 aromatic heterocycles. The van der Waals surface area contributed by atoms with E-state index < -0.39 is 14.0 Å². The number of hydrogen-bond acceptors (Lipinski definition) is 0. The third-order valence-electron chi connectivity index (χ3n) is 2.86. The molecular formula is C8H18Br6Si3. The Morgan fingerprint density at radius 3 is 0.882 bits per heavy atom. The Hall–Kier alpha value is 3.53. The van der Waals surface area contributed by atoms with Crippen LogP contribution in [-0.4, -0.2) is 14.0 Å². The van der Waals surface area contributed by atoms with Gasteiger partial charge in [-0.1, -0.05) is 87.4 Å². The van der Waals surface area contributed by atoms with Gasteiger partial charge in [-0.2, -0.15) is 0 Å². The van der Waals surface area contributed by atoms with Gasteiger partial charge in [0.2, 0.25) is 4.35 Å². The van der Waals surface area contributed by atoms with Crippen LogP contribution in [0.1, 0.15) is 41.5 Å². The van der Waals surface area contributed by atoms with Crippen LogP contribution >= 0.6 is 91.8 Å². The van der Waals surface area contributed by atoms with E-state index in [0.717, 1.165) is 0 Å². The summed E-state index contributed by atoms with van der Waals surface area (Å²) < 4.78 is -3.68. The lowest BCUT2D eigenvalue weighted by Crippen LogP contribution is -2.69. The number of hydrogen-bond donors (Lipinski definition) is 0. The first-order valence-corrected chi connectivity index (χ1v) is 26.7. The highest BCUT2D eigenvalue weighted by Gasteiger charge is 2.71. The Morgan fingerprint density at radius 1 is 0.588 bits per heavy atom. The molecular weight excluding hydrogens is 660 g/mol. The molecule has 0 nitrogen and oxygen atoms in total. The van der Waals surface area contributed by atoms with Gasteiger partial charge in [0.25, 0.3) is 3.45 Å². The largest absolute Gasteiger partial charge is 0.277 e. The van der Waals surface area contributed by atoms with Crippen molar-refractivity contribution in [3.8, 4) is 0 Å². The summed E-state index contributed by atoms with van der Waals surface area (Å²) in [7, 11) is 0. The minimum absolute atomic E-state index is 0.248. The zero-order chi connectivity index (χ0) is 14.5. The lowest BCUT2D eigenvalue weighted by Gasteiger charge is -2.54. The van der Waals surface area contributed by atoms with Crippen molar-refractivity contribution in [1.82, 2.24) is 0 Å². The summed E-state index contributed by atoms with van der Waals surface area (Å²) in [5.74, 6) is 0. The summed E-state index contributed by atoms with van der Waals surface area (Å²) in [4.78, 5) is 0. The molecule has 104 valence electrons. The Balaban J connectivity index is 6.04. The Kier molecular flexibility index (Phi) is 7.20. The van der Waals surface area contributed by atoms with Crippen LogP contribution in [0.4, 0.5) is 0 Å². The maximum absolute atomic E-state index is 4.24. The van der Waals surface area contributed by atoms with Gasteiger partial charge in [0.15, 0.2) is 6.21 Å². The van der Waals surface area contributed by atoms with E-state index in [0.29, 0.717) is 0 Å². The molecule has 0 saturated heterocycles. The fraction of sp³-hybridized carbons (Fsp3) is 1.00. The molecule has 0 amide bonds. The Labute approximate surface area is 155 Å². The lowest BCUT2D eigenvalue weighted by atomic mass is 10.2. The lowest BCUT2D eigenvalue weighted by molar-refractivity contribution is 0.654. The molecule has 17 heavy (non-hydrogen) atoms. The van der Waals surface area contributed by atoms with Crippen LogP contribution in [0.5, 0.6) is 0 Å². The van der Waals surface area contributed by atoms with Crippen molar-refractivity contribution in [2.45, 2.75) is 51.6 Å². The SMILES string of the molecule is CC(C)(C)[Si](Br)(C(C)(C)C)[Si](Br)(Br)[Si](Br)(Br)Br. The minimum atomic E-state index is -1.86. The summed E-state index contributed by atoms with van der Waals surface area (Å²) in [6, 6.07) is 0. The van der Waals surface area contributed by atoms with Gasteiger partial charge in [0.1, 0.15) is 0 Å². The highest BCUT2D eigenvalue weighted by atomic mass is 80.0. The van der Waals surface area contributed by atoms with Gasteiger partial charge in [0.05, 0.1) is 0 Å². The zero-order valence-corrected chi connectivity index (χ0v) is 23.3. The van der Waals surface area contributed by atoms with Crippen LogP contribution in [0.2, 0.25) is 10.1 Å². The van der Waals surface area contributed by atoms with Gasteiger partial charge in [0, 0.05) is 0 Å². The first-order valence-electron chi connectivity index (χ1n) is 5.13.